The molecular formula is C25H34N2O4Si. The summed E-state index contributed by atoms with van der Waals surface area (Å²) in [6.45, 7) is 15.2. The molecule has 0 saturated carbocycles. The van der Waals surface area contributed by atoms with E-state index >= 15 is 0 Å². The third-order valence-corrected chi connectivity index (χ3v) is 11.4. The normalized spacial score (nSPS) is 20.2. The number of aromatic nitrogens is 1. The van der Waals surface area contributed by atoms with E-state index in [-0.39, 0.29) is 10.6 Å². The highest BCUT2D eigenvalue weighted by Crippen LogP contribution is 2.42. The molecule has 1 aromatic carbocycles. The number of hydrogen-bond acceptors (Lipinski definition) is 5. The van der Waals surface area contributed by atoms with Crippen LogP contribution in [0.25, 0.3) is 0 Å². The zero-order chi connectivity index (χ0) is 23.9. The molecule has 2 heterocycles. The molecular weight excluding hydrogens is 420 g/mol. The number of fused-ring (bicyclic) bond motifs is 1. The lowest BCUT2D eigenvalue weighted by Crippen LogP contribution is -2.52. The van der Waals surface area contributed by atoms with Gasteiger partial charge in [-0.2, -0.15) is 5.26 Å². The monoisotopic (exact) mass is 454 g/mol. The zero-order valence-electron chi connectivity index (χ0n) is 20.1. The van der Waals surface area contributed by atoms with Gasteiger partial charge in [-0.25, -0.2) is 0 Å². The second-order valence-corrected chi connectivity index (χ2v) is 15.4. The summed E-state index contributed by atoms with van der Waals surface area (Å²) in [7, 11) is -1.84. The smallest absolute Gasteiger partial charge is 0.251 e. The fraction of sp³-hybridized carbons (Fsp3) is 0.520. The van der Waals surface area contributed by atoms with Crippen LogP contribution in [-0.2, 0) is 10.8 Å². The molecule has 6 nitrogen and oxygen atoms in total. The Morgan fingerprint density at radius 2 is 1.94 bits per heavy atom. The van der Waals surface area contributed by atoms with Gasteiger partial charge in [0.05, 0.1) is 17.7 Å². The van der Waals surface area contributed by atoms with E-state index in [1.165, 1.54) is 4.57 Å². The van der Waals surface area contributed by atoms with Crippen molar-refractivity contribution in [2.45, 2.75) is 76.9 Å². The first-order chi connectivity index (χ1) is 14.8. The van der Waals surface area contributed by atoms with Crippen LogP contribution < -0.4 is 10.3 Å². The molecule has 7 heteroatoms. The largest absolute Gasteiger partial charge is 0.485 e. The van der Waals surface area contributed by atoms with E-state index in [4.69, 9.17) is 9.16 Å². The first-order valence-corrected chi connectivity index (χ1v) is 13.9. The number of nitrogens with zero attached hydrogens (tertiary/aromatic N) is 2. The third kappa shape index (κ3) is 4.68. The molecule has 0 radical (unpaired) electrons. The minimum atomic E-state index is -1.84. The van der Waals surface area contributed by atoms with E-state index < -0.39 is 26.1 Å². The molecule has 0 aliphatic carbocycles. The Morgan fingerprint density at radius 1 is 1.25 bits per heavy atom. The third-order valence-electron chi connectivity index (χ3n) is 6.81. The van der Waals surface area contributed by atoms with Gasteiger partial charge in [-0.1, -0.05) is 20.8 Å². The summed E-state index contributed by atoms with van der Waals surface area (Å²) < 4.78 is 13.7. The number of aliphatic hydroxyl groups is 1. The van der Waals surface area contributed by atoms with Crippen molar-refractivity contribution in [3.05, 3.63) is 63.6 Å². The number of pyridine rings is 1. The minimum absolute atomic E-state index is 0.137. The zero-order valence-corrected chi connectivity index (χ0v) is 21.1. The standard InChI is InChI=1S/C25H34N2O4Si/c1-24(2,3)32(6,7)30-13-11-17-10-12-27(21(28)15-17)22-19-14-18(16-26)8-9-20(19)31-25(4,5)23(22)29/h8-10,12,14-15,22-23,29H,11,13H2,1-7H3/t22-,23+/m1/s1. The van der Waals surface area contributed by atoms with Gasteiger partial charge in [0.2, 0.25) is 0 Å². The summed E-state index contributed by atoms with van der Waals surface area (Å²) in [5.41, 5.74) is 0.895. The molecule has 2 atom stereocenters. The summed E-state index contributed by atoms with van der Waals surface area (Å²) in [6.07, 6.45) is 1.41. The van der Waals surface area contributed by atoms with Gasteiger partial charge in [-0.3, -0.25) is 4.79 Å². The van der Waals surface area contributed by atoms with Crippen molar-refractivity contribution in [1.82, 2.24) is 4.57 Å². The molecule has 1 aliphatic heterocycles. The Morgan fingerprint density at radius 3 is 2.53 bits per heavy atom. The van der Waals surface area contributed by atoms with Crippen LogP contribution in [0.1, 0.15) is 57.4 Å². The summed E-state index contributed by atoms with van der Waals surface area (Å²) in [6, 6.07) is 10.1. The lowest BCUT2D eigenvalue weighted by atomic mass is 9.85. The number of hydrogen-bond donors (Lipinski definition) is 1. The highest BCUT2D eigenvalue weighted by molar-refractivity contribution is 6.74. The Labute approximate surface area is 191 Å². The lowest BCUT2D eigenvalue weighted by Gasteiger charge is -2.42. The van der Waals surface area contributed by atoms with Gasteiger partial charge in [0.1, 0.15) is 17.5 Å². The number of benzene rings is 1. The van der Waals surface area contributed by atoms with Crippen LogP contribution in [0.15, 0.2) is 41.3 Å². The molecule has 1 aliphatic rings. The van der Waals surface area contributed by atoms with Gasteiger partial charge in [0.25, 0.3) is 5.56 Å². The van der Waals surface area contributed by atoms with E-state index in [0.717, 1.165) is 5.56 Å². The fourth-order valence-corrected chi connectivity index (χ4v) is 4.74. The van der Waals surface area contributed by atoms with E-state index in [1.807, 2.05) is 6.07 Å². The Balaban J connectivity index is 1.89. The highest BCUT2D eigenvalue weighted by atomic mass is 28.4. The summed E-state index contributed by atoms with van der Waals surface area (Å²) in [5, 5.41) is 20.5. The predicted molar refractivity (Wildman–Crippen MR) is 128 cm³/mol. The molecule has 172 valence electrons. The van der Waals surface area contributed by atoms with Gasteiger partial charge in [-0.05, 0) is 68.2 Å². The summed E-state index contributed by atoms with van der Waals surface area (Å²) >= 11 is 0. The van der Waals surface area contributed by atoms with Crippen molar-refractivity contribution in [2.75, 3.05) is 6.61 Å². The molecule has 3 rings (SSSR count). The summed E-state index contributed by atoms with van der Waals surface area (Å²) in [4.78, 5) is 13.1. The average Bonchev–Trinajstić information content (AvgIpc) is 2.68. The van der Waals surface area contributed by atoms with Crippen molar-refractivity contribution in [2.24, 2.45) is 0 Å². The van der Waals surface area contributed by atoms with Gasteiger partial charge in [0, 0.05) is 24.4 Å². The molecule has 0 fully saturated rings. The van der Waals surface area contributed by atoms with Crippen LogP contribution in [0.5, 0.6) is 5.75 Å². The van der Waals surface area contributed by atoms with Crippen molar-refractivity contribution >= 4 is 8.32 Å². The van der Waals surface area contributed by atoms with Crippen LogP contribution in [0.3, 0.4) is 0 Å². The van der Waals surface area contributed by atoms with Crippen LogP contribution in [0, 0.1) is 11.3 Å². The number of ether oxygens (including phenoxy) is 1. The van der Waals surface area contributed by atoms with Crippen molar-refractivity contribution in [3.8, 4) is 11.8 Å². The van der Waals surface area contributed by atoms with Crippen LogP contribution in [0.2, 0.25) is 18.1 Å². The molecule has 1 aromatic heterocycles. The molecule has 0 saturated heterocycles. The van der Waals surface area contributed by atoms with Crippen LogP contribution >= 0.6 is 0 Å². The Hall–Kier alpha value is -2.40. The van der Waals surface area contributed by atoms with Crippen LogP contribution in [0.4, 0.5) is 0 Å². The predicted octanol–water partition coefficient (Wildman–Crippen LogP) is 4.41. The Kier molecular flexibility index (Phi) is 6.45. The molecule has 2 aromatic rings. The van der Waals surface area contributed by atoms with E-state index in [2.05, 4.69) is 39.9 Å². The molecule has 1 N–H and O–H groups in total. The van der Waals surface area contributed by atoms with E-state index in [1.54, 1.807) is 44.3 Å². The second kappa shape index (κ2) is 8.51. The van der Waals surface area contributed by atoms with Gasteiger partial charge in [-0.15, -0.1) is 0 Å². The lowest BCUT2D eigenvalue weighted by molar-refractivity contribution is -0.0642. The molecule has 0 amide bonds. The fourth-order valence-electron chi connectivity index (χ4n) is 3.69. The molecule has 32 heavy (non-hydrogen) atoms. The number of rotatable bonds is 5. The SMILES string of the molecule is CC1(C)Oc2ccc(C#N)cc2[C@@H](n2ccc(CCO[Si](C)(C)C(C)(C)C)cc2=O)[C@@H]1O. The van der Waals surface area contributed by atoms with Gasteiger partial charge < -0.3 is 18.8 Å². The first kappa shape index (κ1) is 24.2. The molecule has 0 bridgehead atoms. The van der Waals surface area contributed by atoms with Gasteiger partial charge >= 0.3 is 0 Å². The molecule has 0 spiro atoms. The maximum Gasteiger partial charge on any atom is 0.251 e. The number of aliphatic hydroxyl groups excluding tert-OH is 1. The summed E-state index contributed by atoms with van der Waals surface area (Å²) in [5.74, 6) is 0.572. The maximum atomic E-state index is 13.1. The Bertz CT molecular complexity index is 1090. The quantitative estimate of drug-likeness (QED) is 0.677. The maximum absolute atomic E-state index is 13.1. The van der Waals surface area contributed by atoms with E-state index in [9.17, 15) is 15.2 Å². The first-order valence-electron chi connectivity index (χ1n) is 11.0. The minimum Gasteiger partial charge on any atom is -0.485 e. The van der Waals surface area contributed by atoms with Crippen molar-refractivity contribution in [1.29, 1.82) is 5.26 Å². The number of nitriles is 1. The van der Waals surface area contributed by atoms with Crippen LogP contribution in [-0.4, -0.2) is 36.3 Å². The highest BCUT2D eigenvalue weighted by Gasteiger charge is 2.44. The average molecular weight is 455 g/mol. The van der Waals surface area contributed by atoms with Crippen molar-refractivity contribution < 1.29 is 14.3 Å². The molecule has 0 unspecified atom stereocenters. The second-order valence-electron chi connectivity index (χ2n) is 10.6. The van der Waals surface area contributed by atoms with E-state index in [0.29, 0.717) is 29.9 Å². The topological polar surface area (TPSA) is 84.5 Å². The van der Waals surface area contributed by atoms with Crippen molar-refractivity contribution in [3.63, 3.8) is 0 Å². The van der Waals surface area contributed by atoms with Gasteiger partial charge in [0.15, 0.2) is 8.32 Å².